The van der Waals surface area contributed by atoms with Crippen LogP contribution in [0.3, 0.4) is 0 Å². The highest BCUT2D eigenvalue weighted by atomic mass is 35.5. The predicted octanol–water partition coefficient (Wildman–Crippen LogP) is 2.82. The third-order valence-electron chi connectivity index (χ3n) is 2.76. The summed E-state index contributed by atoms with van der Waals surface area (Å²) < 4.78 is 10.9. The molecule has 0 aliphatic rings. The minimum atomic E-state index is -0.216. The van der Waals surface area contributed by atoms with Gasteiger partial charge < -0.3 is 15.2 Å². The molecule has 0 heterocycles. The molecule has 1 aromatic rings. The Labute approximate surface area is 113 Å². The number of hydrogen-bond donors (Lipinski definition) is 2. The highest BCUT2D eigenvalue weighted by Crippen LogP contribution is 2.26. The van der Waals surface area contributed by atoms with Gasteiger partial charge in [0.1, 0.15) is 11.6 Å². The molecule has 5 heteroatoms. The smallest absolute Gasteiger partial charge is 0.137 e. The van der Waals surface area contributed by atoms with Crippen LogP contribution < -0.4 is 10.5 Å². The van der Waals surface area contributed by atoms with Crippen LogP contribution in [0.4, 0.5) is 0 Å². The van der Waals surface area contributed by atoms with Crippen molar-refractivity contribution in [3.8, 4) is 5.75 Å². The maximum atomic E-state index is 7.31. The van der Waals surface area contributed by atoms with Gasteiger partial charge in [0.05, 0.1) is 17.2 Å². The van der Waals surface area contributed by atoms with E-state index >= 15 is 0 Å². The molecule has 3 N–H and O–H groups in total. The molecule has 0 saturated carbocycles. The molecule has 0 amide bonds. The number of halogens is 1. The molecule has 18 heavy (non-hydrogen) atoms. The summed E-state index contributed by atoms with van der Waals surface area (Å²) in [6.07, 6.45) is 0.758. The number of ether oxygens (including phenoxy) is 2. The van der Waals surface area contributed by atoms with Crippen molar-refractivity contribution in [3.63, 3.8) is 0 Å². The molecule has 0 aromatic heterocycles. The van der Waals surface area contributed by atoms with Crippen molar-refractivity contribution < 1.29 is 9.47 Å². The fourth-order valence-electron chi connectivity index (χ4n) is 1.29. The van der Waals surface area contributed by atoms with Crippen molar-refractivity contribution >= 4 is 17.4 Å². The molecule has 0 saturated heterocycles. The van der Waals surface area contributed by atoms with Gasteiger partial charge in [-0.3, -0.25) is 5.41 Å². The van der Waals surface area contributed by atoms with Gasteiger partial charge in [0.25, 0.3) is 0 Å². The van der Waals surface area contributed by atoms with Gasteiger partial charge in [-0.05, 0) is 32.0 Å². The largest absolute Gasteiger partial charge is 0.492 e. The molecule has 100 valence electrons. The predicted molar refractivity (Wildman–Crippen MR) is 73.7 cm³/mol. The van der Waals surface area contributed by atoms with Gasteiger partial charge in [-0.1, -0.05) is 11.6 Å². The molecule has 0 aliphatic heterocycles. The normalized spacial score (nSPS) is 11.3. The summed E-state index contributed by atoms with van der Waals surface area (Å²) in [5.74, 6) is 0.581. The van der Waals surface area contributed by atoms with E-state index in [2.05, 4.69) is 0 Å². The van der Waals surface area contributed by atoms with Crippen molar-refractivity contribution in [2.75, 3.05) is 13.7 Å². The van der Waals surface area contributed by atoms with Crippen LogP contribution in [0.25, 0.3) is 0 Å². The molecular formula is C13H19ClN2O2. The van der Waals surface area contributed by atoms with E-state index in [1.807, 2.05) is 13.8 Å². The number of hydrogen-bond acceptors (Lipinski definition) is 3. The van der Waals surface area contributed by atoms with Crippen LogP contribution in [-0.2, 0) is 4.74 Å². The van der Waals surface area contributed by atoms with E-state index in [9.17, 15) is 0 Å². The highest BCUT2D eigenvalue weighted by Gasteiger charge is 2.16. The van der Waals surface area contributed by atoms with Crippen LogP contribution >= 0.6 is 11.6 Å². The average Bonchev–Trinajstić information content (AvgIpc) is 2.31. The van der Waals surface area contributed by atoms with E-state index in [-0.39, 0.29) is 11.4 Å². The Morgan fingerprint density at radius 1 is 1.44 bits per heavy atom. The standard InChI is InChI=1S/C13H19ClN2O2/c1-13(2,17-3)6-7-18-11-5-4-9(12(15)16)8-10(11)14/h4-5,8H,6-7H2,1-3H3,(H3,15,16). The van der Waals surface area contributed by atoms with E-state index in [1.165, 1.54) is 0 Å². The van der Waals surface area contributed by atoms with Gasteiger partial charge in [0.15, 0.2) is 0 Å². The maximum Gasteiger partial charge on any atom is 0.137 e. The van der Waals surface area contributed by atoms with Gasteiger partial charge in [-0.2, -0.15) is 0 Å². The number of nitrogens with two attached hydrogens (primary N) is 1. The Morgan fingerprint density at radius 2 is 2.11 bits per heavy atom. The molecule has 4 nitrogen and oxygen atoms in total. The van der Waals surface area contributed by atoms with Gasteiger partial charge in [-0.25, -0.2) is 0 Å². The van der Waals surface area contributed by atoms with E-state index in [1.54, 1.807) is 25.3 Å². The second-order valence-electron chi connectivity index (χ2n) is 4.62. The molecule has 0 aliphatic carbocycles. The number of nitrogen functional groups attached to an aromatic ring is 1. The number of amidine groups is 1. The van der Waals surface area contributed by atoms with Crippen molar-refractivity contribution in [2.45, 2.75) is 25.9 Å². The third kappa shape index (κ3) is 4.20. The Hall–Kier alpha value is -1.26. The Balaban J connectivity index is 2.61. The Morgan fingerprint density at radius 3 is 2.61 bits per heavy atom. The summed E-state index contributed by atoms with van der Waals surface area (Å²) in [7, 11) is 1.68. The summed E-state index contributed by atoms with van der Waals surface area (Å²) in [6.45, 7) is 4.51. The minimum Gasteiger partial charge on any atom is -0.492 e. The third-order valence-corrected chi connectivity index (χ3v) is 3.05. The quantitative estimate of drug-likeness (QED) is 0.617. The summed E-state index contributed by atoms with van der Waals surface area (Å²) in [6, 6.07) is 5.06. The van der Waals surface area contributed by atoms with Gasteiger partial charge in [-0.15, -0.1) is 0 Å². The summed E-state index contributed by atoms with van der Waals surface area (Å²) in [4.78, 5) is 0. The molecule has 0 fully saturated rings. The van der Waals surface area contributed by atoms with E-state index in [4.69, 9.17) is 32.2 Å². The average molecular weight is 271 g/mol. The molecular weight excluding hydrogens is 252 g/mol. The fourth-order valence-corrected chi connectivity index (χ4v) is 1.53. The SMILES string of the molecule is COC(C)(C)CCOc1ccc(C(=N)N)cc1Cl. The Kier molecular flexibility index (Phi) is 4.99. The molecule has 0 bridgehead atoms. The van der Waals surface area contributed by atoms with Gasteiger partial charge >= 0.3 is 0 Å². The van der Waals surface area contributed by atoms with Crippen LogP contribution in [0.1, 0.15) is 25.8 Å². The second kappa shape index (κ2) is 6.07. The van der Waals surface area contributed by atoms with Crippen molar-refractivity contribution in [2.24, 2.45) is 5.73 Å². The van der Waals surface area contributed by atoms with Crippen LogP contribution in [0.2, 0.25) is 5.02 Å². The van der Waals surface area contributed by atoms with E-state index < -0.39 is 0 Å². The molecule has 0 spiro atoms. The first-order valence-corrected chi connectivity index (χ1v) is 6.05. The minimum absolute atomic E-state index is 0.0102. The lowest BCUT2D eigenvalue weighted by Crippen LogP contribution is -2.25. The summed E-state index contributed by atoms with van der Waals surface area (Å²) in [5, 5.41) is 7.77. The molecule has 1 aromatic carbocycles. The van der Waals surface area contributed by atoms with Crippen LogP contribution in [0.15, 0.2) is 18.2 Å². The van der Waals surface area contributed by atoms with Gasteiger partial charge in [0, 0.05) is 19.1 Å². The first-order chi connectivity index (χ1) is 8.35. The van der Waals surface area contributed by atoms with Crippen LogP contribution in [0, 0.1) is 5.41 Å². The van der Waals surface area contributed by atoms with Crippen LogP contribution in [-0.4, -0.2) is 25.2 Å². The first-order valence-electron chi connectivity index (χ1n) is 5.67. The number of rotatable bonds is 6. The first kappa shape index (κ1) is 14.8. The number of methoxy groups -OCH3 is 1. The summed E-state index contributed by atoms with van der Waals surface area (Å²) in [5.41, 5.74) is 5.75. The van der Waals surface area contributed by atoms with Crippen molar-refractivity contribution in [1.29, 1.82) is 5.41 Å². The van der Waals surface area contributed by atoms with Crippen LogP contribution in [0.5, 0.6) is 5.75 Å². The lowest BCUT2D eigenvalue weighted by atomic mass is 10.1. The summed E-state index contributed by atoms with van der Waals surface area (Å²) >= 11 is 6.05. The number of benzene rings is 1. The lowest BCUT2D eigenvalue weighted by molar-refractivity contribution is 0.00546. The zero-order valence-electron chi connectivity index (χ0n) is 10.9. The highest BCUT2D eigenvalue weighted by molar-refractivity contribution is 6.32. The van der Waals surface area contributed by atoms with E-state index in [0.717, 1.165) is 6.42 Å². The lowest BCUT2D eigenvalue weighted by Gasteiger charge is -2.22. The monoisotopic (exact) mass is 270 g/mol. The maximum absolute atomic E-state index is 7.31. The molecule has 1 rings (SSSR count). The zero-order chi connectivity index (χ0) is 13.8. The molecule has 0 unspecified atom stereocenters. The fraction of sp³-hybridized carbons (Fsp3) is 0.462. The Bertz CT molecular complexity index is 433. The number of nitrogens with one attached hydrogen (secondary N) is 1. The van der Waals surface area contributed by atoms with Crippen molar-refractivity contribution in [1.82, 2.24) is 0 Å². The van der Waals surface area contributed by atoms with E-state index in [0.29, 0.717) is 22.9 Å². The topological polar surface area (TPSA) is 68.3 Å². The van der Waals surface area contributed by atoms with Gasteiger partial charge in [0.2, 0.25) is 0 Å². The molecule has 0 radical (unpaired) electrons. The molecule has 0 atom stereocenters. The van der Waals surface area contributed by atoms with Crippen molar-refractivity contribution in [3.05, 3.63) is 28.8 Å². The second-order valence-corrected chi connectivity index (χ2v) is 5.03. The zero-order valence-corrected chi connectivity index (χ0v) is 11.7.